The monoisotopic (exact) mass is 214 g/mol. The zero-order chi connectivity index (χ0) is 11.4. The molecule has 80 valence electrons. The van der Waals surface area contributed by atoms with Crippen LogP contribution in [0.15, 0.2) is 18.2 Å². The van der Waals surface area contributed by atoms with Crippen molar-refractivity contribution in [3.05, 3.63) is 29.3 Å². The molecular formula is C10H8F2O3. The highest BCUT2D eigenvalue weighted by Gasteiger charge is 2.16. The largest absolute Gasteiger partial charge is 0.426 e. The molecule has 0 amide bonds. The Bertz CT molecular complexity index is 388. The van der Waals surface area contributed by atoms with E-state index in [1.807, 2.05) is 0 Å². The van der Waals surface area contributed by atoms with E-state index in [0.29, 0.717) is 6.29 Å². The van der Waals surface area contributed by atoms with E-state index in [1.165, 1.54) is 12.1 Å². The quantitative estimate of drug-likeness (QED) is 0.440. The van der Waals surface area contributed by atoms with Gasteiger partial charge in [-0.15, -0.1) is 0 Å². The average Bonchev–Trinajstić information content (AvgIpc) is 2.17. The molecule has 0 unspecified atom stereocenters. The van der Waals surface area contributed by atoms with Crippen LogP contribution in [-0.4, -0.2) is 12.3 Å². The van der Waals surface area contributed by atoms with Gasteiger partial charge in [0.05, 0.1) is 5.56 Å². The van der Waals surface area contributed by atoms with Gasteiger partial charge in [-0.05, 0) is 18.2 Å². The van der Waals surface area contributed by atoms with Gasteiger partial charge in [0.1, 0.15) is 12.0 Å². The summed E-state index contributed by atoms with van der Waals surface area (Å²) in [5.41, 5.74) is -0.351. The SMILES string of the molecule is CC(=O)Oc1ccc(C=O)cc1C(F)F. The number of esters is 1. The van der Waals surface area contributed by atoms with Crippen molar-refractivity contribution in [2.75, 3.05) is 0 Å². The van der Waals surface area contributed by atoms with Gasteiger partial charge in [0.15, 0.2) is 0 Å². The summed E-state index contributed by atoms with van der Waals surface area (Å²) >= 11 is 0. The smallest absolute Gasteiger partial charge is 0.308 e. The highest BCUT2D eigenvalue weighted by Crippen LogP contribution is 2.29. The molecule has 1 rings (SSSR count). The number of rotatable bonds is 3. The van der Waals surface area contributed by atoms with Gasteiger partial charge in [0.25, 0.3) is 6.43 Å². The van der Waals surface area contributed by atoms with Crippen LogP contribution in [0.25, 0.3) is 0 Å². The molecule has 0 heterocycles. The van der Waals surface area contributed by atoms with E-state index in [1.54, 1.807) is 0 Å². The van der Waals surface area contributed by atoms with E-state index in [9.17, 15) is 18.4 Å². The second-order valence-corrected chi connectivity index (χ2v) is 2.81. The molecule has 0 fully saturated rings. The number of halogens is 2. The molecule has 0 saturated heterocycles. The van der Waals surface area contributed by atoms with Gasteiger partial charge in [-0.25, -0.2) is 8.78 Å². The van der Waals surface area contributed by atoms with Crippen molar-refractivity contribution in [3.8, 4) is 5.75 Å². The fourth-order valence-electron chi connectivity index (χ4n) is 1.06. The number of hydrogen-bond acceptors (Lipinski definition) is 3. The Morgan fingerprint density at radius 2 is 2.13 bits per heavy atom. The number of aldehydes is 1. The lowest BCUT2D eigenvalue weighted by Gasteiger charge is -2.08. The minimum absolute atomic E-state index is 0.112. The lowest BCUT2D eigenvalue weighted by atomic mass is 10.1. The van der Waals surface area contributed by atoms with Crippen LogP contribution in [0.5, 0.6) is 5.75 Å². The third-order valence-corrected chi connectivity index (χ3v) is 1.66. The Kier molecular flexibility index (Phi) is 3.49. The van der Waals surface area contributed by atoms with Crippen LogP contribution in [0.2, 0.25) is 0 Å². The van der Waals surface area contributed by atoms with E-state index >= 15 is 0 Å². The number of ether oxygens (including phenoxy) is 1. The molecule has 0 N–H and O–H groups in total. The molecule has 0 aliphatic heterocycles. The predicted molar refractivity (Wildman–Crippen MR) is 48.1 cm³/mol. The molecule has 0 aliphatic rings. The van der Waals surface area contributed by atoms with Crippen molar-refractivity contribution < 1.29 is 23.1 Å². The third kappa shape index (κ3) is 2.83. The zero-order valence-corrected chi connectivity index (χ0v) is 7.87. The van der Waals surface area contributed by atoms with Crippen LogP contribution < -0.4 is 4.74 Å². The minimum Gasteiger partial charge on any atom is -0.426 e. The molecule has 1 aromatic carbocycles. The highest BCUT2D eigenvalue weighted by atomic mass is 19.3. The van der Waals surface area contributed by atoms with E-state index in [0.717, 1.165) is 13.0 Å². The maximum Gasteiger partial charge on any atom is 0.308 e. The first-order valence-electron chi connectivity index (χ1n) is 4.10. The van der Waals surface area contributed by atoms with Crippen LogP contribution in [-0.2, 0) is 4.79 Å². The van der Waals surface area contributed by atoms with E-state index in [2.05, 4.69) is 4.74 Å². The molecule has 3 nitrogen and oxygen atoms in total. The second-order valence-electron chi connectivity index (χ2n) is 2.81. The number of alkyl halides is 2. The van der Waals surface area contributed by atoms with Crippen LogP contribution >= 0.6 is 0 Å². The minimum atomic E-state index is -2.79. The Morgan fingerprint density at radius 1 is 1.47 bits per heavy atom. The standard InChI is InChI=1S/C10H8F2O3/c1-6(14)15-9-3-2-7(5-13)4-8(9)10(11)12/h2-5,10H,1H3. The fraction of sp³-hybridized carbons (Fsp3) is 0.200. The van der Waals surface area contributed by atoms with Gasteiger partial charge >= 0.3 is 5.97 Å². The molecule has 1 aromatic rings. The zero-order valence-electron chi connectivity index (χ0n) is 7.87. The molecule has 0 aliphatic carbocycles. The Hall–Kier alpha value is -1.78. The van der Waals surface area contributed by atoms with Crippen LogP contribution in [0, 0.1) is 0 Å². The first-order valence-corrected chi connectivity index (χ1v) is 4.10. The molecule has 5 heteroatoms. The van der Waals surface area contributed by atoms with Crippen molar-refractivity contribution >= 4 is 12.3 Å². The van der Waals surface area contributed by atoms with Crippen LogP contribution in [0.1, 0.15) is 29.3 Å². The summed E-state index contributed by atoms with van der Waals surface area (Å²) in [6.45, 7) is 1.11. The second kappa shape index (κ2) is 4.63. The maximum absolute atomic E-state index is 12.5. The number of benzene rings is 1. The first-order chi connectivity index (χ1) is 7.04. The summed E-state index contributed by atoms with van der Waals surface area (Å²) in [5, 5.41) is 0. The van der Waals surface area contributed by atoms with Crippen molar-refractivity contribution in [2.24, 2.45) is 0 Å². The van der Waals surface area contributed by atoms with Crippen LogP contribution in [0.4, 0.5) is 8.78 Å². The first kappa shape index (κ1) is 11.3. The van der Waals surface area contributed by atoms with Crippen molar-refractivity contribution in [1.82, 2.24) is 0 Å². The van der Waals surface area contributed by atoms with Gasteiger partial charge < -0.3 is 4.74 Å². The van der Waals surface area contributed by atoms with Gasteiger partial charge in [0, 0.05) is 12.5 Å². The lowest BCUT2D eigenvalue weighted by molar-refractivity contribution is -0.132. The Morgan fingerprint density at radius 3 is 2.60 bits per heavy atom. The highest BCUT2D eigenvalue weighted by molar-refractivity contribution is 5.76. The molecule has 0 atom stereocenters. The summed E-state index contributed by atoms with van der Waals surface area (Å²) in [6.07, 6.45) is -2.34. The topological polar surface area (TPSA) is 43.4 Å². The molecule has 0 saturated carbocycles. The summed E-state index contributed by atoms with van der Waals surface area (Å²) in [7, 11) is 0. The Labute approximate surface area is 84.7 Å². The molecule has 15 heavy (non-hydrogen) atoms. The summed E-state index contributed by atoms with van der Waals surface area (Å²) in [6, 6.07) is 3.47. The van der Waals surface area contributed by atoms with Crippen molar-refractivity contribution in [2.45, 2.75) is 13.3 Å². The molecule has 0 spiro atoms. The normalized spacial score (nSPS) is 10.1. The summed E-state index contributed by atoms with van der Waals surface area (Å²) in [4.78, 5) is 21.0. The Balaban J connectivity index is 3.14. The lowest BCUT2D eigenvalue weighted by Crippen LogP contribution is -2.04. The van der Waals surface area contributed by atoms with Gasteiger partial charge in [-0.2, -0.15) is 0 Å². The maximum atomic E-state index is 12.5. The van der Waals surface area contributed by atoms with Crippen molar-refractivity contribution in [1.29, 1.82) is 0 Å². The molecule has 0 bridgehead atoms. The fourth-order valence-corrected chi connectivity index (χ4v) is 1.06. The van der Waals surface area contributed by atoms with Crippen molar-refractivity contribution in [3.63, 3.8) is 0 Å². The molecule has 0 aromatic heterocycles. The number of carbonyl (C=O) groups is 2. The summed E-state index contributed by atoms with van der Waals surface area (Å²) in [5.74, 6) is -0.904. The van der Waals surface area contributed by atoms with Gasteiger partial charge in [0.2, 0.25) is 0 Å². The number of hydrogen-bond donors (Lipinski definition) is 0. The third-order valence-electron chi connectivity index (χ3n) is 1.66. The van der Waals surface area contributed by atoms with Crippen LogP contribution in [0.3, 0.4) is 0 Å². The molecule has 0 radical (unpaired) electrons. The van der Waals surface area contributed by atoms with Gasteiger partial charge in [-0.1, -0.05) is 0 Å². The summed E-state index contributed by atoms with van der Waals surface area (Å²) < 4.78 is 29.5. The predicted octanol–water partition coefficient (Wildman–Crippen LogP) is 2.36. The number of carbonyl (C=O) groups excluding carboxylic acids is 2. The van der Waals surface area contributed by atoms with Gasteiger partial charge in [-0.3, -0.25) is 9.59 Å². The molecular weight excluding hydrogens is 206 g/mol. The average molecular weight is 214 g/mol. The van der Waals surface area contributed by atoms with E-state index < -0.39 is 18.0 Å². The van der Waals surface area contributed by atoms with E-state index in [4.69, 9.17) is 0 Å². The van der Waals surface area contributed by atoms with E-state index in [-0.39, 0.29) is 11.3 Å².